The number of rotatable bonds is 4. The van der Waals surface area contributed by atoms with Gasteiger partial charge in [0.05, 0.1) is 12.2 Å². The summed E-state index contributed by atoms with van der Waals surface area (Å²) in [6.45, 7) is 3.45. The Kier molecular flexibility index (Phi) is 4.01. The third-order valence-corrected chi connectivity index (χ3v) is 3.39. The average molecular weight is 278 g/mol. The molecule has 0 bridgehead atoms. The zero-order valence-corrected chi connectivity index (χ0v) is 12.0. The second kappa shape index (κ2) is 6.27. The summed E-state index contributed by atoms with van der Waals surface area (Å²) in [7, 11) is 0. The molecule has 1 aliphatic heterocycles. The molecule has 21 heavy (non-hydrogen) atoms. The van der Waals surface area contributed by atoms with Gasteiger partial charge in [0.2, 0.25) is 5.90 Å². The van der Waals surface area contributed by atoms with Crippen LogP contribution in [0.3, 0.4) is 0 Å². The molecule has 0 amide bonds. The SMILES string of the molecule is C/C(C1=NCCO1)=C(\Nc1ccccc1)c1ccccc1. The summed E-state index contributed by atoms with van der Waals surface area (Å²) in [5.74, 6) is 0.734. The minimum atomic E-state index is 0.667. The van der Waals surface area contributed by atoms with Crippen molar-refractivity contribution in [1.29, 1.82) is 0 Å². The summed E-state index contributed by atoms with van der Waals surface area (Å²) in [6.07, 6.45) is 0. The Morgan fingerprint density at radius 2 is 1.67 bits per heavy atom. The first kappa shape index (κ1) is 13.4. The Balaban J connectivity index is 2.01. The van der Waals surface area contributed by atoms with E-state index in [1.807, 2.05) is 55.5 Å². The van der Waals surface area contributed by atoms with E-state index in [2.05, 4.69) is 22.4 Å². The lowest BCUT2D eigenvalue weighted by Crippen LogP contribution is -2.09. The topological polar surface area (TPSA) is 33.6 Å². The summed E-state index contributed by atoms with van der Waals surface area (Å²) in [5, 5.41) is 3.49. The number of aliphatic imine (C=N–C) groups is 1. The van der Waals surface area contributed by atoms with Gasteiger partial charge in [0.15, 0.2) is 0 Å². The van der Waals surface area contributed by atoms with Crippen LogP contribution in [0.2, 0.25) is 0 Å². The molecule has 1 N–H and O–H groups in total. The second-order valence-electron chi connectivity index (χ2n) is 4.89. The molecule has 0 saturated heterocycles. The van der Waals surface area contributed by atoms with E-state index in [1.165, 1.54) is 0 Å². The molecular weight excluding hydrogens is 260 g/mol. The Morgan fingerprint density at radius 3 is 2.29 bits per heavy atom. The molecule has 0 aliphatic carbocycles. The molecule has 0 saturated carbocycles. The minimum Gasteiger partial charge on any atom is -0.476 e. The van der Waals surface area contributed by atoms with Gasteiger partial charge in [-0.05, 0) is 24.6 Å². The van der Waals surface area contributed by atoms with Gasteiger partial charge >= 0.3 is 0 Å². The van der Waals surface area contributed by atoms with Gasteiger partial charge in [-0.25, -0.2) is 4.99 Å². The van der Waals surface area contributed by atoms with Crippen LogP contribution in [-0.4, -0.2) is 19.0 Å². The highest BCUT2D eigenvalue weighted by molar-refractivity contribution is 6.03. The normalized spacial score (nSPS) is 15.0. The van der Waals surface area contributed by atoms with Crippen LogP contribution >= 0.6 is 0 Å². The van der Waals surface area contributed by atoms with Crippen LogP contribution in [0.25, 0.3) is 5.70 Å². The lowest BCUT2D eigenvalue weighted by atomic mass is 10.1. The van der Waals surface area contributed by atoms with E-state index in [9.17, 15) is 0 Å². The van der Waals surface area contributed by atoms with Crippen molar-refractivity contribution in [2.24, 2.45) is 4.99 Å². The molecule has 0 fully saturated rings. The Morgan fingerprint density at radius 1 is 1.00 bits per heavy atom. The smallest absolute Gasteiger partial charge is 0.213 e. The summed E-state index contributed by atoms with van der Waals surface area (Å²) in [4.78, 5) is 4.42. The Labute approximate surface area is 125 Å². The maximum atomic E-state index is 5.61. The minimum absolute atomic E-state index is 0.667. The fourth-order valence-electron chi connectivity index (χ4n) is 2.32. The largest absolute Gasteiger partial charge is 0.476 e. The van der Waals surface area contributed by atoms with E-state index in [4.69, 9.17) is 4.74 Å². The summed E-state index contributed by atoms with van der Waals surface area (Å²) in [5.41, 5.74) is 4.23. The molecule has 3 nitrogen and oxygen atoms in total. The van der Waals surface area contributed by atoms with E-state index in [-0.39, 0.29) is 0 Å². The van der Waals surface area contributed by atoms with Crippen LogP contribution in [0.15, 0.2) is 71.2 Å². The molecule has 0 unspecified atom stereocenters. The standard InChI is InChI=1S/C18H18N2O/c1-14(18-19-12-13-21-18)17(15-8-4-2-5-9-15)20-16-10-6-3-7-11-16/h2-11,20H,12-13H2,1H3/b17-14+. The zero-order valence-electron chi connectivity index (χ0n) is 12.0. The van der Waals surface area contributed by atoms with Crippen LogP contribution in [-0.2, 0) is 4.74 Å². The predicted molar refractivity (Wildman–Crippen MR) is 87.4 cm³/mol. The zero-order chi connectivity index (χ0) is 14.5. The highest BCUT2D eigenvalue weighted by Gasteiger charge is 2.15. The number of nitrogens with one attached hydrogen (secondary N) is 1. The van der Waals surface area contributed by atoms with E-state index in [0.29, 0.717) is 6.61 Å². The van der Waals surface area contributed by atoms with Gasteiger partial charge < -0.3 is 10.1 Å². The van der Waals surface area contributed by atoms with E-state index >= 15 is 0 Å². The molecule has 1 heterocycles. The highest BCUT2D eigenvalue weighted by atomic mass is 16.5. The first-order valence-electron chi connectivity index (χ1n) is 7.10. The van der Waals surface area contributed by atoms with Gasteiger partial charge in [0.25, 0.3) is 0 Å². The molecule has 0 atom stereocenters. The van der Waals surface area contributed by atoms with Crippen molar-refractivity contribution >= 4 is 17.3 Å². The van der Waals surface area contributed by atoms with Crippen molar-refractivity contribution in [3.8, 4) is 0 Å². The number of para-hydroxylation sites is 1. The number of ether oxygens (including phenoxy) is 1. The second-order valence-corrected chi connectivity index (χ2v) is 4.89. The van der Waals surface area contributed by atoms with E-state index < -0.39 is 0 Å². The third-order valence-electron chi connectivity index (χ3n) is 3.39. The molecule has 3 heteroatoms. The number of nitrogens with zero attached hydrogens (tertiary/aromatic N) is 1. The maximum absolute atomic E-state index is 5.61. The van der Waals surface area contributed by atoms with Crippen molar-refractivity contribution in [3.63, 3.8) is 0 Å². The summed E-state index contributed by atoms with van der Waals surface area (Å²) in [6, 6.07) is 20.4. The highest BCUT2D eigenvalue weighted by Crippen LogP contribution is 2.23. The molecule has 3 rings (SSSR count). The Hall–Kier alpha value is -2.55. The van der Waals surface area contributed by atoms with Crippen molar-refractivity contribution in [2.45, 2.75) is 6.92 Å². The molecule has 106 valence electrons. The fourth-order valence-corrected chi connectivity index (χ4v) is 2.32. The molecule has 0 aromatic heterocycles. The quantitative estimate of drug-likeness (QED) is 0.918. The first-order valence-corrected chi connectivity index (χ1v) is 7.10. The number of benzene rings is 2. The van der Waals surface area contributed by atoms with Gasteiger partial charge in [-0.2, -0.15) is 0 Å². The fraction of sp³-hybridized carbons (Fsp3) is 0.167. The monoisotopic (exact) mass is 278 g/mol. The summed E-state index contributed by atoms with van der Waals surface area (Å²) < 4.78 is 5.61. The first-order chi connectivity index (χ1) is 10.3. The molecular formula is C18H18N2O. The van der Waals surface area contributed by atoms with Crippen LogP contribution in [0.1, 0.15) is 12.5 Å². The molecule has 0 radical (unpaired) electrons. The average Bonchev–Trinajstić information content (AvgIpc) is 3.08. The van der Waals surface area contributed by atoms with Gasteiger partial charge in [0, 0.05) is 11.3 Å². The Bertz CT molecular complexity index is 660. The van der Waals surface area contributed by atoms with Crippen molar-refractivity contribution < 1.29 is 4.74 Å². The molecule has 1 aliphatic rings. The van der Waals surface area contributed by atoms with Crippen LogP contribution in [0, 0.1) is 0 Å². The maximum Gasteiger partial charge on any atom is 0.213 e. The lowest BCUT2D eigenvalue weighted by molar-refractivity contribution is 0.347. The number of anilines is 1. The lowest BCUT2D eigenvalue weighted by Gasteiger charge is -2.15. The van der Waals surface area contributed by atoms with Crippen LogP contribution in [0.4, 0.5) is 5.69 Å². The van der Waals surface area contributed by atoms with E-state index in [1.54, 1.807) is 0 Å². The summed E-state index contributed by atoms with van der Waals surface area (Å²) >= 11 is 0. The number of hydrogen-bond acceptors (Lipinski definition) is 3. The van der Waals surface area contributed by atoms with Gasteiger partial charge in [-0.3, -0.25) is 0 Å². The van der Waals surface area contributed by atoms with Crippen LogP contribution in [0.5, 0.6) is 0 Å². The van der Waals surface area contributed by atoms with Gasteiger partial charge in [0.1, 0.15) is 6.61 Å². The molecule has 0 spiro atoms. The van der Waals surface area contributed by atoms with Crippen molar-refractivity contribution in [1.82, 2.24) is 0 Å². The van der Waals surface area contributed by atoms with Gasteiger partial charge in [-0.1, -0.05) is 48.5 Å². The van der Waals surface area contributed by atoms with Crippen molar-refractivity contribution in [2.75, 3.05) is 18.5 Å². The predicted octanol–water partition coefficient (Wildman–Crippen LogP) is 3.96. The van der Waals surface area contributed by atoms with Crippen LogP contribution < -0.4 is 5.32 Å². The number of hydrogen-bond donors (Lipinski definition) is 1. The van der Waals surface area contributed by atoms with Gasteiger partial charge in [-0.15, -0.1) is 0 Å². The molecule has 2 aromatic rings. The molecule has 2 aromatic carbocycles. The van der Waals surface area contributed by atoms with E-state index in [0.717, 1.165) is 35.0 Å². The third kappa shape index (κ3) is 3.14. The van der Waals surface area contributed by atoms with Crippen molar-refractivity contribution in [3.05, 3.63) is 71.8 Å².